The fourth-order valence-corrected chi connectivity index (χ4v) is 1.82. The maximum absolute atomic E-state index is 10.8. The Morgan fingerprint density at radius 2 is 1.79 bits per heavy atom. The molecule has 2 aromatic rings. The van der Waals surface area contributed by atoms with Crippen LogP contribution in [0, 0.1) is 0 Å². The third-order valence-corrected chi connectivity index (χ3v) is 2.94. The van der Waals surface area contributed by atoms with Crippen molar-refractivity contribution in [2.45, 2.75) is 26.9 Å². The molecule has 0 spiro atoms. The largest absolute Gasteiger partial charge is 0.508 e. The van der Waals surface area contributed by atoms with Gasteiger partial charge in [-0.1, -0.05) is 37.3 Å². The zero-order valence-corrected chi connectivity index (χ0v) is 14.1. The molecule has 2 aromatic carbocycles. The Labute approximate surface area is 142 Å². The van der Waals surface area contributed by atoms with Crippen LogP contribution in [0.3, 0.4) is 0 Å². The average molecular weight is 332 g/mol. The minimum absolute atomic E-state index is 0.00179. The number of rotatable bonds is 7. The van der Waals surface area contributed by atoms with E-state index in [0.29, 0.717) is 12.4 Å². The van der Waals surface area contributed by atoms with Crippen LogP contribution >= 0.6 is 0 Å². The van der Waals surface area contributed by atoms with Gasteiger partial charge in [-0.3, -0.25) is 0 Å². The van der Waals surface area contributed by atoms with Crippen LogP contribution in [0.4, 0.5) is 0 Å². The molecule has 5 nitrogen and oxygen atoms in total. The molecule has 130 valence electrons. The maximum atomic E-state index is 10.8. The molecule has 2 N–H and O–H groups in total. The third-order valence-electron chi connectivity index (χ3n) is 2.94. The van der Waals surface area contributed by atoms with E-state index in [1.54, 1.807) is 0 Å². The van der Waals surface area contributed by atoms with Crippen LogP contribution < -0.4 is 4.74 Å². The molecule has 0 saturated heterocycles. The quantitative estimate of drug-likeness (QED) is 0.747. The molecular formula is C19H24O5. The first-order valence-electron chi connectivity index (χ1n) is 7.88. The summed E-state index contributed by atoms with van der Waals surface area (Å²) in [5.74, 6) is -0.898. The first-order chi connectivity index (χ1) is 11.6. The van der Waals surface area contributed by atoms with Crippen molar-refractivity contribution >= 4 is 5.97 Å². The lowest BCUT2D eigenvalue weighted by atomic mass is 10.2. The topological polar surface area (TPSA) is 76.0 Å². The van der Waals surface area contributed by atoms with E-state index in [4.69, 9.17) is 14.6 Å². The fraction of sp³-hybridized carbons (Fsp3) is 0.316. The van der Waals surface area contributed by atoms with Crippen LogP contribution in [-0.4, -0.2) is 29.4 Å². The standard InChI is InChI=1S/C14H12O4.C5H12O/c15-12-6-11(14(16)17)7-13(8-12)18-9-10-4-2-1-3-5-10;1-3-5-6-4-2/h1-8,15H,9H2,(H,16,17);3-5H2,1-2H3. The van der Waals surface area contributed by atoms with Crippen molar-refractivity contribution in [1.82, 2.24) is 0 Å². The van der Waals surface area contributed by atoms with Gasteiger partial charge in [0.2, 0.25) is 0 Å². The first-order valence-corrected chi connectivity index (χ1v) is 7.88. The second-order valence-corrected chi connectivity index (χ2v) is 4.99. The monoisotopic (exact) mass is 332 g/mol. The van der Waals surface area contributed by atoms with Crippen LogP contribution in [0.2, 0.25) is 0 Å². The zero-order chi connectivity index (χ0) is 17.8. The number of aromatic hydroxyl groups is 1. The van der Waals surface area contributed by atoms with Crippen molar-refractivity contribution in [3.8, 4) is 11.5 Å². The zero-order valence-electron chi connectivity index (χ0n) is 14.1. The number of benzene rings is 2. The second-order valence-electron chi connectivity index (χ2n) is 4.99. The Morgan fingerprint density at radius 1 is 1.08 bits per heavy atom. The van der Waals surface area contributed by atoms with Crippen molar-refractivity contribution in [3.63, 3.8) is 0 Å². The van der Waals surface area contributed by atoms with E-state index in [1.165, 1.54) is 18.2 Å². The molecule has 0 radical (unpaired) electrons. The summed E-state index contributed by atoms with van der Waals surface area (Å²) in [4.78, 5) is 10.8. The van der Waals surface area contributed by atoms with Crippen LogP contribution in [0.5, 0.6) is 11.5 Å². The third kappa shape index (κ3) is 7.65. The molecule has 0 saturated carbocycles. The molecule has 0 fully saturated rings. The minimum Gasteiger partial charge on any atom is -0.508 e. The van der Waals surface area contributed by atoms with Gasteiger partial charge in [0.15, 0.2) is 0 Å². The summed E-state index contributed by atoms with van der Waals surface area (Å²) in [5.41, 5.74) is 0.968. The highest BCUT2D eigenvalue weighted by Gasteiger charge is 2.07. The number of carboxylic acids is 1. The number of carbonyl (C=O) groups is 1. The molecule has 24 heavy (non-hydrogen) atoms. The van der Waals surface area contributed by atoms with Crippen LogP contribution in [0.15, 0.2) is 48.5 Å². The summed E-state index contributed by atoms with van der Waals surface area (Å²) < 4.78 is 10.4. The molecule has 0 aromatic heterocycles. The molecule has 2 rings (SSSR count). The number of hydrogen-bond acceptors (Lipinski definition) is 4. The molecule has 5 heteroatoms. The lowest BCUT2D eigenvalue weighted by Crippen LogP contribution is -1.99. The van der Waals surface area contributed by atoms with Gasteiger partial charge in [-0.05, 0) is 31.0 Å². The number of aromatic carboxylic acids is 1. The van der Waals surface area contributed by atoms with E-state index in [9.17, 15) is 9.90 Å². The van der Waals surface area contributed by atoms with Gasteiger partial charge in [0.1, 0.15) is 18.1 Å². The Kier molecular flexibility index (Phi) is 9.01. The van der Waals surface area contributed by atoms with Gasteiger partial charge in [-0.2, -0.15) is 0 Å². The average Bonchev–Trinajstić information content (AvgIpc) is 2.59. The minimum atomic E-state index is -1.10. The van der Waals surface area contributed by atoms with Crippen molar-refractivity contribution in [3.05, 3.63) is 59.7 Å². The predicted molar refractivity (Wildman–Crippen MR) is 92.6 cm³/mol. The number of phenols is 1. The maximum Gasteiger partial charge on any atom is 0.335 e. The van der Waals surface area contributed by atoms with Crippen molar-refractivity contribution in [2.24, 2.45) is 0 Å². The van der Waals surface area contributed by atoms with E-state index < -0.39 is 5.97 Å². The molecule has 0 aliphatic carbocycles. The summed E-state index contributed by atoms with van der Waals surface area (Å²) in [6.45, 7) is 6.21. The highest BCUT2D eigenvalue weighted by atomic mass is 16.5. The SMILES string of the molecule is CCCOCC.O=C(O)c1cc(O)cc(OCc2ccccc2)c1. The Balaban J connectivity index is 0.000000413. The van der Waals surface area contributed by atoms with E-state index in [2.05, 4.69) is 6.92 Å². The van der Waals surface area contributed by atoms with Gasteiger partial charge in [-0.15, -0.1) is 0 Å². The summed E-state index contributed by atoms with van der Waals surface area (Å²) in [5, 5.41) is 18.2. The molecule has 0 bridgehead atoms. The highest BCUT2D eigenvalue weighted by Crippen LogP contribution is 2.22. The van der Waals surface area contributed by atoms with Crippen LogP contribution in [-0.2, 0) is 11.3 Å². The molecule has 0 heterocycles. The van der Waals surface area contributed by atoms with Gasteiger partial charge < -0.3 is 19.7 Å². The van der Waals surface area contributed by atoms with Gasteiger partial charge in [0, 0.05) is 19.3 Å². The van der Waals surface area contributed by atoms with Gasteiger partial charge in [0.25, 0.3) is 0 Å². The lowest BCUT2D eigenvalue weighted by Gasteiger charge is -2.07. The highest BCUT2D eigenvalue weighted by molar-refractivity contribution is 5.88. The van der Waals surface area contributed by atoms with Crippen molar-refractivity contribution in [1.29, 1.82) is 0 Å². The molecule has 0 aliphatic heterocycles. The molecule has 0 amide bonds. The number of ether oxygens (including phenoxy) is 2. The molecular weight excluding hydrogens is 308 g/mol. The van der Waals surface area contributed by atoms with E-state index in [0.717, 1.165) is 25.2 Å². The Bertz CT molecular complexity index is 606. The second kappa shape index (κ2) is 11.1. The van der Waals surface area contributed by atoms with Crippen LogP contribution in [0.25, 0.3) is 0 Å². The predicted octanol–water partition coefficient (Wildman–Crippen LogP) is 4.10. The lowest BCUT2D eigenvalue weighted by molar-refractivity contribution is 0.0696. The van der Waals surface area contributed by atoms with Gasteiger partial charge in [0.05, 0.1) is 5.56 Å². The smallest absolute Gasteiger partial charge is 0.335 e. The Hall–Kier alpha value is -2.53. The summed E-state index contributed by atoms with van der Waals surface area (Å²) in [7, 11) is 0. The van der Waals surface area contributed by atoms with Gasteiger partial charge in [-0.25, -0.2) is 4.79 Å². The van der Waals surface area contributed by atoms with Crippen molar-refractivity contribution < 1.29 is 24.5 Å². The van der Waals surface area contributed by atoms with Crippen LogP contribution in [0.1, 0.15) is 36.2 Å². The first kappa shape index (κ1) is 19.5. The number of hydrogen-bond donors (Lipinski definition) is 2. The number of carboxylic acid groups (broad SMARTS) is 1. The van der Waals surface area contributed by atoms with E-state index >= 15 is 0 Å². The van der Waals surface area contributed by atoms with Crippen molar-refractivity contribution in [2.75, 3.05) is 13.2 Å². The normalized spacial score (nSPS) is 9.75. The summed E-state index contributed by atoms with van der Waals surface area (Å²) in [6.07, 6.45) is 1.13. The van der Waals surface area contributed by atoms with E-state index in [-0.39, 0.29) is 11.3 Å². The number of phenolic OH excluding ortho intramolecular Hbond substituents is 1. The molecule has 0 atom stereocenters. The Morgan fingerprint density at radius 3 is 2.33 bits per heavy atom. The van der Waals surface area contributed by atoms with E-state index in [1.807, 2.05) is 37.3 Å². The molecule has 0 aliphatic rings. The summed E-state index contributed by atoms with van der Waals surface area (Å²) >= 11 is 0. The fourth-order valence-electron chi connectivity index (χ4n) is 1.82. The van der Waals surface area contributed by atoms with Gasteiger partial charge >= 0.3 is 5.97 Å². The molecule has 0 unspecified atom stereocenters. The summed E-state index contributed by atoms with van der Waals surface area (Å²) in [6, 6.07) is 13.4.